The van der Waals surface area contributed by atoms with E-state index in [2.05, 4.69) is 48.4 Å². The van der Waals surface area contributed by atoms with Crippen LogP contribution in [0.2, 0.25) is 0 Å². The van der Waals surface area contributed by atoms with Crippen molar-refractivity contribution in [1.82, 2.24) is 10.3 Å². The van der Waals surface area contributed by atoms with Crippen molar-refractivity contribution in [2.75, 3.05) is 26.8 Å². The Morgan fingerprint density at radius 1 is 1.10 bits per heavy atom. The lowest BCUT2D eigenvalue weighted by Crippen LogP contribution is -2.26. The van der Waals surface area contributed by atoms with Crippen molar-refractivity contribution in [2.45, 2.75) is 44.9 Å². The first-order chi connectivity index (χ1) is 14.2. The molecule has 1 aromatic heterocycles. The van der Waals surface area contributed by atoms with Gasteiger partial charge >= 0.3 is 0 Å². The van der Waals surface area contributed by atoms with Gasteiger partial charge in [-0.25, -0.2) is 0 Å². The number of piperidine rings is 1. The van der Waals surface area contributed by atoms with Crippen molar-refractivity contribution in [3.8, 4) is 22.8 Å². The number of aromatic nitrogens is 1. The van der Waals surface area contributed by atoms with Crippen LogP contribution in [0.5, 0.6) is 11.5 Å². The fourth-order valence-corrected chi connectivity index (χ4v) is 5.11. The van der Waals surface area contributed by atoms with E-state index < -0.39 is 0 Å². The van der Waals surface area contributed by atoms with E-state index in [4.69, 9.17) is 9.47 Å². The maximum atomic E-state index is 5.91. The van der Waals surface area contributed by atoms with Gasteiger partial charge in [-0.2, -0.15) is 0 Å². The molecule has 0 radical (unpaired) electrons. The summed E-state index contributed by atoms with van der Waals surface area (Å²) in [5, 5.41) is 4.85. The second-order valence-electron chi connectivity index (χ2n) is 8.62. The number of benzene rings is 2. The van der Waals surface area contributed by atoms with Crippen LogP contribution in [0.3, 0.4) is 0 Å². The molecule has 2 aliphatic heterocycles. The van der Waals surface area contributed by atoms with E-state index in [1.807, 2.05) is 6.07 Å². The number of methoxy groups -OCH3 is 1. The summed E-state index contributed by atoms with van der Waals surface area (Å²) in [5.41, 5.74) is 7.87. The predicted octanol–water partition coefficient (Wildman–Crippen LogP) is 5.79. The molecule has 160 valence electrons. The molecule has 30 heavy (non-hydrogen) atoms. The van der Waals surface area contributed by atoms with Crippen LogP contribution in [0.1, 0.15) is 55.2 Å². The van der Waals surface area contributed by atoms with Gasteiger partial charge in [-0.3, -0.25) is 0 Å². The largest absolute Gasteiger partial charge is 0.493 e. The standard InChI is InChI=1S/C25H30N2O2.ClH/c1-15(2)23-20-14-17(16-8-11-26-12-9-16)4-6-21(20)27-24(23)18-5-7-22(28-3)25-19(18)10-13-29-25;/h4-7,14-16,26-27H,8-13H2,1-3H3;1H. The first kappa shape index (κ1) is 21.1. The van der Waals surface area contributed by atoms with Gasteiger partial charge in [-0.05, 0) is 73.2 Å². The molecule has 0 amide bonds. The first-order valence-corrected chi connectivity index (χ1v) is 10.9. The number of H-pyrrole nitrogens is 1. The summed E-state index contributed by atoms with van der Waals surface area (Å²) in [4.78, 5) is 3.75. The number of hydrogen-bond acceptors (Lipinski definition) is 3. The Kier molecular flexibility index (Phi) is 5.99. The Labute approximate surface area is 184 Å². The summed E-state index contributed by atoms with van der Waals surface area (Å²) in [7, 11) is 1.71. The summed E-state index contributed by atoms with van der Waals surface area (Å²) in [6.45, 7) is 7.55. The Balaban J connectivity index is 0.00000218. The molecule has 0 aliphatic carbocycles. The highest BCUT2D eigenvalue weighted by molar-refractivity contribution is 5.93. The maximum Gasteiger partial charge on any atom is 0.165 e. The van der Waals surface area contributed by atoms with E-state index in [1.165, 1.54) is 51.7 Å². The lowest BCUT2D eigenvalue weighted by atomic mass is 9.88. The van der Waals surface area contributed by atoms with Crippen molar-refractivity contribution < 1.29 is 9.47 Å². The van der Waals surface area contributed by atoms with Crippen molar-refractivity contribution in [1.29, 1.82) is 0 Å². The second-order valence-corrected chi connectivity index (χ2v) is 8.62. The third kappa shape index (κ3) is 3.46. The van der Waals surface area contributed by atoms with Crippen LogP contribution in [0.15, 0.2) is 30.3 Å². The van der Waals surface area contributed by atoms with Crippen LogP contribution in [0.25, 0.3) is 22.2 Å². The third-order valence-corrected chi connectivity index (χ3v) is 6.56. The highest BCUT2D eigenvalue weighted by Crippen LogP contribution is 2.45. The molecule has 3 heterocycles. The normalized spacial score (nSPS) is 16.4. The zero-order chi connectivity index (χ0) is 20.0. The Morgan fingerprint density at radius 2 is 1.90 bits per heavy atom. The minimum absolute atomic E-state index is 0. The SMILES string of the molecule is COc1ccc(-c2[nH]c3ccc(C4CCNCC4)cc3c2C(C)C)c2c1OCC2.Cl. The number of aromatic amines is 1. The van der Waals surface area contributed by atoms with Gasteiger partial charge in [0.05, 0.1) is 19.4 Å². The summed E-state index contributed by atoms with van der Waals surface area (Å²) in [6, 6.07) is 11.3. The molecule has 4 nitrogen and oxygen atoms in total. The summed E-state index contributed by atoms with van der Waals surface area (Å²) < 4.78 is 11.4. The van der Waals surface area contributed by atoms with Gasteiger partial charge in [0.2, 0.25) is 0 Å². The number of hydrogen-bond donors (Lipinski definition) is 2. The number of fused-ring (bicyclic) bond motifs is 2. The first-order valence-electron chi connectivity index (χ1n) is 10.9. The third-order valence-electron chi connectivity index (χ3n) is 6.56. The quantitative estimate of drug-likeness (QED) is 0.555. The zero-order valence-electron chi connectivity index (χ0n) is 18.0. The van der Waals surface area contributed by atoms with Gasteiger partial charge in [0.25, 0.3) is 0 Å². The maximum absolute atomic E-state index is 5.91. The summed E-state index contributed by atoms with van der Waals surface area (Å²) >= 11 is 0. The molecule has 0 atom stereocenters. The minimum Gasteiger partial charge on any atom is -0.493 e. The highest BCUT2D eigenvalue weighted by Gasteiger charge is 2.26. The Bertz CT molecular complexity index is 1050. The smallest absolute Gasteiger partial charge is 0.165 e. The van der Waals surface area contributed by atoms with Crippen LogP contribution < -0.4 is 14.8 Å². The lowest BCUT2D eigenvalue weighted by molar-refractivity contribution is 0.326. The van der Waals surface area contributed by atoms with Gasteiger partial charge in [-0.15, -0.1) is 12.4 Å². The number of nitrogens with one attached hydrogen (secondary N) is 2. The average Bonchev–Trinajstić information content (AvgIpc) is 3.38. The molecule has 0 spiro atoms. The molecule has 2 aliphatic rings. The van der Waals surface area contributed by atoms with E-state index in [1.54, 1.807) is 7.11 Å². The number of rotatable bonds is 4. The monoisotopic (exact) mass is 426 g/mol. The van der Waals surface area contributed by atoms with Crippen LogP contribution in [-0.4, -0.2) is 31.8 Å². The zero-order valence-corrected chi connectivity index (χ0v) is 18.8. The molecule has 0 bridgehead atoms. The topological polar surface area (TPSA) is 46.3 Å². The number of halogens is 1. The van der Waals surface area contributed by atoms with E-state index in [0.717, 1.165) is 37.6 Å². The number of ether oxygens (including phenoxy) is 2. The van der Waals surface area contributed by atoms with Crippen LogP contribution in [0.4, 0.5) is 0 Å². The summed E-state index contributed by atoms with van der Waals surface area (Å²) in [5.74, 6) is 2.84. The molecule has 3 aromatic rings. The lowest BCUT2D eigenvalue weighted by Gasteiger charge is -2.23. The van der Waals surface area contributed by atoms with Crippen molar-refractivity contribution in [3.05, 3.63) is 47.0 Å². The van der Waals surface area contributed by atoms with Crippen molar-refractivity contribution in [2.24, 2.45) is 0 Å². The highest BCUT2D eigenvalue weighted by atomic mass is 35.5. The molecule has 2 N–H and O–H groups in total. The second kappa shape index (κ2) is 8.52. The molecule has 5 rings (SSSR count). The van der Waals surface area contributed by atoms with E-state index in [0.29, 0.717) is 11.8 Å². The average molecular weight is 427 g/mol. The van der Waals surface area contributed by atoms with E-state index >= 15 is 0 Å². The van der Waals surface area contributed by atoms with E-state index in [9.17, 15) is 0 Å². The molecule has 1 saturated heterocycles. The Hall–Kier alpha value is -2.17. The molecule has 0 unspecified atom stereocenters. The van der Waals surface area contributed by atoms with Gasteiger partial charge in [0, 0.05) is 28.5 Å². The molecule has 5 heteroatoms. The van der Waals surface area contributed by atoms with Crippen LogP contribution in [0, 0.1) is 0 Å². The van der Waals surface area contributed by atoms with Crippen molar-refractivity contribution in [3.63, 3.8) is 0 Å². The van der Waals surface area contributed by atoms with Crippen molar-refractivity contribution >= 4 is 23.3 Å². The molecular formula is C25H31ClN2O2. The molecule has 2 aromatic carbocycles. The van der Waals surface area contributed by atoms with Gasteiger partial charge in [0.1, 0.15) is 0 Å². The van der Waals surface area contributed by atoms with Crippen LogP contribution >= 0.6 is 12.4 Å². The minimum atomic E-state index is 0. The van der Waals surface area contributed by atoms with E-state index in [-0.39, 0.29) is 12.4 Å². The van der Waals surface area contributed by atoms with Gasteiger partial charge in [-0.1, -0.05) is 19.9 Å². The van der Waals surface area contributed by atoms with Crippen LogP contribution in [-0.2, 0) is 6.42 Å². The molecule has 1 fully saturated rings. The Morgan fingerprint density at radius 3 is 2.63 bits per heavy atom. The van der Waals surface area contributed by atoms with Gasteiger partial charge in [0.15, 0.2) is 11.5 Å². The molecular weight excluding hydrogens is 396 g/mol. The fourth-order valence-electron chi connectivity index (χ4n) is 5.11. The summed E-state index contributed by atoms with van der Waals surface area (Å²) in [6.07, 6.45) is 3.38. The fraction of sp³-hybridized carbons (Fsp3) is 0.440. The van der Waals surface area contributed by atoms with Gasteiger partial charge < -0.3 is 19.8 Å². The predicted molar refractivity (Wildman–Crippen MR) is 126 cm³/mol. The molecule has 0 saturated carbocycles.